The Labute approximate surface area is 61.3 Å². The van der Waals surface area contributed by atoms with Gasteiger partial charge in [-0.25, -0.2) is 0 Å². The summed E-state index contributed by atoms with van der Waals surface area (Å²) in [6, 6.07) is 0. The van der Waals surface area contributed by atoms with Crippen LogP contribution in [-0.4, -0.2) is 33.0 Å². The van der Waals surface area contributed by atoms with E-state index in [1.54, 1.807) is 0 Å². The number of hydrogen-bond acceptors (Lipinski definition) is 0. The van der Waals surface area contributed by atoms with Gasteiger partial charge in [0.1, 0.15) is 0 Å². The average Bonchev–Trinajstić information content (AvgIpc) is 0.811. The Balaban J connectivity index is 0. The fourth-order valence-electron chi connectivity index (χ4n) is 0. The molecule has 0 saturated heterocycles. The van der Waals surface area contributed by atoms with Crippen molar-refractivity contribution in [2.75, 3.05) is 0 Å². The second-order valence-electron chi connectivity index (χ2n) is 0.247. The molecule has 0 aliphatic heterocycles. The van der Waals surface area contributed by atoms with Crippen LogP contribution < -0.4 is 0 Å². The van der Waals surface area contributed by atoms with Crippen molar-refractivity contribution >= 4 is 61.9 Å². The molecule has 0 fully saturated rings. The Morgan fingerprint density at radius 3 is 1.00 bits per heavy atom. The van der Waals surface area contributed by atoms with E-state index in [1.807, 2.05) is 0 Å². The van der Waals surface area contributed by atoms with Crippen LogP contribution in [0.3, 0.4) is 0 Å². The molecule has 0 aromatic rings. The molecule has 0 aromatic heterocycles. The summed E-state index contributed by atoms with van der Waals surface area (Å²) in [7, 11) is 15.0. The number of hydrogen-bond donors (Lipinski definition) is 0. The molecule has 0 saturated carbocycles. The topological polar surface area (TPSA) is 0 Å². The van der Waals surface area contributed by atoms with Crippen LogP contribution in [0, 0.1) is 0 Å². The van der Waals surface area contributed by atoms with Gasteiger partial charge in [0.2, 0.25) is 0 Å². The van der Waals surface area contributed by atoms with E-state index in [2.05, 4.69) is 0 Å². The minimum atomic E-state index is -2.06. The second kappa shape index (κ2) is 6.14. The Bertz CT molecular complexity index is 9.61. The van der Waals surface area contributed by atoms with Crippen LogP contribution in [0.1, 0.15) is 0 Å². The van der Waals surface area contributed by atoms with Crippen LogP contribution in [0.2, 0.25) is 0 Å². The summed E-state index contributed by atoms with van der Waals surface area (Å²) in [6.45, 7) is 0. The number of halogens is 3. The molecule has 0 aliphatic rings. The molecule has 0 bridgehead atoms. The molecular formula is H3Cl3Ga2. The molecule has 5 heavy (non-hydrogen) atoms. The van der Waals surface area contributed by atoms with Gasteiger partial charge in [-0.1, -0.05) is 0 Å². The average molecular weight is 249 g/mol. The third-order valence-electron chi connectivity index (χ3n) is 0. The van der Waals surface area contributed by atoms with Gasteiger partial charge in [0.15, 0.2) is 0 Å². The molecule has 0 radical (unpaired) electrons. The van der Waals surface area contributed by atoms with Gasteiger partial charge in [-0.2, -0.15) is 0 Å². The maximum absolute atomic E-state index is 4.99. The summed E-state index contributed by atoms with van der Waals surface area (Å²) in [5, 5.41) is 0. The van der Waals surface area contributed by atoms with E-state index in [-0.39, 0.29) is 19.8 Å². The summed E-state index contributed by atoms with van der Waals surface area (Å²) in [5.74, 6) is 0. The van der Waals surface area contributed by atoms with Crippen LogP contribution in [0.5, 0.6) is 0 Å². The van der Waals surface area contributed by atoms with Gasteiger partial charge in [0.05, 0.1) is 0 Å². The van der Waals surface area contributed by atoms with E-state index < -0.39 is 13.2 Å². The van der Waals surface area contributed by atoms with Gasteiger partial charge >= 0.3 is 61.9 Å². The molecule has 0 aliphatic carbocycles. The quantitative estimate of drug-likeness (QED) is 0.548. The van der Waals surface area contributed by atoms with E-state index in [9.17, 15) is 0 Å². The SMILES string of the molecule is [Cl][Ga]([Cl])[Cl].[GaH3]. The minimum absolute atomic E-state index is 0. The third kappa shape index (κ3) is 23.0. The summed E-state index contributed by atoms with van der Waals surface area (Å²) in [5.41, 5.74) is 0. The first-order valence-electron chi connectivity index (χ1n) is 0.655. The molecule has 0 spiro atoms. The Hall–Kier alpha value is 2.14. The zero-order valence-corrected chi connectivity index (χ0v) is 6.40. The van der Waals surface area contributed by atoms with Crippen molar-refractivity contribution in [3.8, 4) is 0 Å². The molecule has 0 atom stereocenters. The van der Waals surface area contributed by atoms with E-state index >= 15 is 0 Å². The molecule has 5 heteroatoms. The molecule has 0 unspecified atom stereocenters. The van der Waals surface area contributed by atoms with E-state index in [4.69, 9.17) is 28.9 Å². The van der Waals surface area contributed by atoms with Gasteiger partial charge in [0.25, 0.3) is 0 Å². The predicted molar refractivity (Wildman–Crippen MR) is 33.3 cm³/mol. The van der Waals surface area contributed by atoms with E-state index in [1.165, 1.54) is 0 Å². The van der Waals surface area contributed by atoms with Crippen LogP contribution >= 0.6 is 28.9 Å². The summed E-state index contributed by atoms with van der Waals surface area (Å²) in [4.78, 5) is 0. The monoisotopic (exact) mass is 246 g/mol. The van der Waals surface area contributed by atoms with Gasteiger partial charge in [-0.15, -0.1) is 0 Å². The van der Waals surface area contributed by atoms with Crippen molar-refractivity contribution in [2.24, 2.45) is 0 Å². The third-order valence-corrected chi connectivity index (χ3v) is 0. The normalized spacial score (nSPS) is 5.40. The van der Waals surface area contributed by atoms with Gasteiger partial charge in [0, 0.05) is 0 Å². The second-order valence-corrected chi connectivity index (χ2v) is 11.6. The van der Waals surface area contributed by atoms with Crippen molar-refractivity contribution in [1.82, 2.24) is 0 Å². The molecular weight excluding hydrogens is 246 g/mol. The van der Waals surface area contributed by atoms with Crippen LogP contribution in [0.4, 0.5) is 0 Å². The first-order valence-corrected chi connectivity index (χ1v) is 10.2. The predicted octanol–water partition coefficient (Wildman–Crippen LogP) is 0.504. The van der Waals surface area contributed by atoms with Gasteiger partial charge < -0.3 is 0 Å². The molecule has 30 valence electrons. The zero-order chi connectivity index (χ0) is 3.58. The van der Waals surface area contributed by atoms with Crippen molar-refractivity contribution in [1.29, 1.82) is 0 Å². The molecule has 0 aromatic carbocycles. The fourth-order valence-corrected chi connectivity index (χ4v) is 0. The van der Waals surface area contributed by atoms with Crippen molar-refractivity contribution in [3.63, 3.8) is 0 Å². The van der Waals surface area contributed by atoms with Crippen LogP contribution in [0.15, 0.2) is 0 Å². The van der Waals surface area contributed by atoms with Crippen molar-refractivity contribution in [3.05, 3.63) is 0 Å². The van der Waals surface area contributed by atoms with Crippen molar-refractivity contribution in [2.45, 2.75) is 0 Å². The fraction of sp³-hybridized carbons (Fsp3) is 0. The molecule has 0 N–H and O–H groups in total. The number of rotatable bonds is 0. The summed E-state index contributed by atoms with van der Waals surface area (Å²) < 4.78 is 0. The molecule has 0 nitrogen and oxygen atoms in total. The van der Waals surface area contributed by atoms with Gasteiger partial charge in [-0.3, -0.25) is 0 Å². The summed E-state index contributed by atoms with van der Waals surface area (Å²) in [6.07, 6.45) is 0. The Morgan fingerprint density at radius 1 is 1.00 bits per heavy atom. The van der Waals surface area contributed by atoms with E-state index in [0.717, 1.165) is 0 Å². The Morgan fingerprint density at radius 2 is 1.00 bits per heavy atom. The molecule has 0 rings (SSSR count). The van der Waals surface area contributed by atoms with E-state index in [0.29, 0.717) is 0 Å². The van der Waals surface area contributed by atoms with Gasteiger partial charge in [-0.05, 0) is 0 Å². The first kappa shape index (κ1) is 10.2. The summed E-state index contributed by atoms with van der Waals surface area (Å²) >= 11 is -2.06. The van der Waals surface area contributed by atoms with Crippen molar-refractivity contribution < 1.29 is 0 Å². The standard InChI is InChI=1S/3ClH.2Ga.3H/h3*1H;;;;;/q;;;;+3;;;/p-3. The maximum atomic E-state index is 4.99. The first-order chi connectivity index (χ1) is 1.73. The van der Waals surface area contributed by atoms with Crippen LogP contribution in [-0.2, 0) is 0 Å². The zero-order valence-electron chi connectivity index (χ0n) is 1.71. The molecule has 0 amide bonds. The molecule has 0 heterocycles. The van der Waals surface area contributed by atoms with Crippen LogP contribution in [0.25, 0.3) is 0 Å². The Kier molecular flexibility index (Phi) is 12.5.